The van der Waals surface area contributed by atoms with Crippen molar-refractivity contribution in [3.8, 4) is 0 Å². The van der Waals surface area contributed by atoms with E-state index < -0.39 is 0 Å². The molecule has 0 radical (unpaired) electrons. The Morgan fingerprint density at radius 3 is 1.87 bits per heavy atom. The molecule has 0 heterocycles. The average Bonchev–Trinajstić information content (AvgIpc) is 2.75. The molecule has 0 spiro atoms. The number of rotatable bonds is 8. The standard InChI is InChI=1S/C28H34N2O/c1-19(2)23-16-11-17-24(20(3)4)28(23)30-26(31)18-29-27(22-13-7-6-8-14-22)25-15-10-9-12-21(25)5/h6-17,19-20,27,29H,18H2,1-5H3,(H,30,31). The van der Waals surface area contributed by atoms with Crippen LogP contribution in [0.4, 0.5) is 5.69 Å². The first-order valence-electron chi connectivity index (χ1n) is 11.1. The summed E-state index contributed by atoms with van der Waals surface area (Å²) in [4.78, 5) is 13.0. The van der Waals surface area contributed by atoms with Crippen LogP contribution in [0.25, 0.3) is 0 Å². The predicted molar refractivity (Wildman–Crippen MR) is 131 cm³/mol. The lowest BCUT2D eigenvalue weighted by molar-refractivity contribution is -0.115. The number of para-hydroxylation sites is 1. The van der Waals surface area contributed by atoms with Crippen LogP contribution in [0.3, 0.4) is 0 Å². The maximum Gasteiger partial charge on any atom is 0.238 e. The van der Waals surface area contributed by atoms with Gasteiger partial charge in [0.25, 0.3) is 0 Å². The molecule has 0 saturated carbocycles. The van der Waals surface area contributed by atoms with Crippen molar-refractivity contribution in [2.45, 2.75) is 52.5 Å². The number of benzene rings is 3. The minimum absolute atomic E-state index is 0.0236. The Balaban J connectivity index is 1.82. The largest absolute Gasteiger partial charge is 0.324 e. The van der Waals surface area contributed by atoms with Crippen molar-refractivity contribution in [1.29, 1.82) is 0 Å². The summed E-state index contributed by atoms with van der Waals surface area (Å²) >= 11 is 0. The summed E-state index contributed by atoms with van der Waals surface area (Å²) < 4.78 is 0. The molecule has 0 saturated heterocycles. The zero-order valence-corrected chi connectivity index (χ0v) is 19.3. The van der Waals surface area contributed by atoms with Gasteiger partial charge >= 0.3 is 0 Å². The molecule has 3 aromatic carbocycles. The molecule has 2 N–H and O–H groups in total. The SMILES string of the molecule is Cc1ccccc1C(NCC(=O)Nc1c(C(C)C)cccc1C(C)C)c1ccccc1. The minimum atomic E-state index is -0.0435. The zero-order chi connectivity index (χ0) is 22.4. The van der Waals surface area contributed by atoms with Crippen LogP contribution in [0.2, 0.25) is 0 Å². The highest BCUT2D eigenvalue weighted by Gasteiger charge is 2.19. The number of amides is 1. The molecule has 0 aromatic heterocycles. The van der Waals surface area contributed by atoms with Crippen LogP contribution in [-0.2, 0) is 4.79 Å². The van der Waals surface area contributed by atoms with Gasteiger partial charge < -0.3 is 5.32 Å². The van der Waals surface area contributed by atoms with E-state index in [1.807, 2.05) is 30.3 Å². The molecular formula is C28H34N2O. The van der Waals surface area contributed by atoms with E-state index in [0.29, 0.717) is 11.8 Å². The maximum absolute atomic E-state index is 13.0. The van der Waals surface area contributed by atoms with E-state index in [1.165, 1.54) is 22.3 Å². The molecular weight excluding hydrogens is 380 g/mol. The molecule has 0 fully saturated rings. The molecule has 3 rings (SSSR count). The van der Waals surface area contributed by atoms with Gasteiger partial charge in [0.05, 0.1) is 12.6 Å². The minimum Gasteiger partial charge on any atom is -0.324 e. The van der Waals surface area contributed by atoms with Gasteiger partial charge in [0.1, 0.15) is 0 Å². The third-order valence-corrected chi connectivity index (χ3v) is 5.74. The highest BCUT2D eigenvalue weighted by Crippen LogP contribution is 2.32. The van der Waals surface area contributed by atoms with E-state index in [-0.39, 0.29) is 18.5 Å². The topological polar surface area (TPSA) is 41.1 Å². The van der Waals surface area contributed by atoms with E-state index in [9.17, 15) is 4.79 Å². The second-order valence-electron chi connectivity index (χ2n) is 8.75. The van der Waals surface area contributed by atoms with Crippen LogP contribution in [0.1, 0.15) is 73.4 Å². The van der Waals surface area contributed by atoms with Gasteiger partial charge in [0.15, 0.2) is 0 Å². The number of aryl methyl sites for hydroxylation is 1. The summed E-state index contributed by atoms with van der Waals surface area (Å²) in [6.07, 6.45) is 0. The summed E-state index contributed by atoms with van der Waals surface area (Å²) in [5.74, 6) is 0.654. The van der Waals surface area contributed by atoms with E-state index in [2.05, 4.69) is 87.7 Å². The number of nitrogens with one attached hydrogen (secondary N) is 2. The van der Waals surface area contributed by atoms with Crippen molar-refractivity contribution >= 4 is 11.6 Å². The lowest BCUT2D eigenvalue weighted by Crippen LogP contribution is -2.32. The van der Waals surface area contributed by atoms with Crippen LogP contribution in [0, 0.1) is 6.92 Å². The molecule has 162 valence electrons. The lowest BCUT2D eigenvalue weighted by atomic mass is 9.92. The van der Waals surface area contributed by atoms with Crippen molar-refractivity contribution < 1.29 is 4.79 Å². The van der Waals surface area contributed by atoms with Crippen LogP contribution >= 0.6 is 0 Å². The first-order valence-corrected chi connectivity index (χ1v) is 11.1. The number of hydrogen-bond acceptors (Lipinski definition) is 2. The van der Waals surface area contributed by atoms with Gasteiger partial charge in [-0.1, -0.05) is 100 Å². The van der Waals surface area contributed by atoms with Gasteiger partial charge in [-0.2, -0.15) is 0 Å². The molecule has 0 bridgehead atoms. The Kier molecular flexibility index (Phi) is 7.64. The van der Waals surface area contributed by atoms with Gasteiger partial charge in [-0.3, -0.25) is 10.1 Å². The monoisotopic (exact) mass is 414 g/mol. The first-order chi connectivity index (χ1) is 14.9. The number of hydrogen-bond donors (Lipinski definition) is 2. The molecule has 3 aromatic rings. The Morgan fingerprint density at radius 1 is 0.742 bits per heavy atom. The molecule has 0 aliphatic carbocycles. The van der Waals surface area contributed by atoms with Crippen molar-refractivity contribution in [1.82, 2.24) is 5.32 Å². The van der Waals surface area contributed by atoms with Crippen LogP contribution < -0.4 is 10.6 Å². The highest BCUT2D eigenvalue weighted by molar-refractivity contribution is 5.94. The summed E-state index contributed by atoms with van der Waals surface area (Å²) in [5.41, 5.74) is 6.86. The maximum atomic E-state index is 13.0. The van der Waals surface area contributed by atoms with Crippen molar-refractivity contribution in [3.05, 3.63) is 101 Å². The quantitative estimate of drug-likeness (QED) is 0.438. The fourth-order valence-corrected chi connectivity index (χ4v) is 4.04. The van der Waals surface area contributed by atoms with Gasteiger partial charge in [-0.25, -0.2) is 0 Å². The number of anilines is 1. The molecule has 1 unspecified atom stereocenters. The summed E-state index contributed by atoms with van der Waals surface area (Å²) in [6.45, 7) is 11.0. The second kappa shape index (κ2) is 10.4. The zero-order valence-electron chi connectivity index (χ0n) is 19.3. The Bertz CT molecular complexity index is 982. The summed E-state index contributed by atoms with van der Waals surface area (Å²) in [6, 6.07) is 24.9. The third kappa shape index (κ3) is 5.62. The summed E-state index contributed by atoms with van der Waals surface area (Å²) in [7, 11) is 0. The van der Waals surface area contributed by atoms with Gasteiger partial charge in [0.2, 0.25) is 5.91 Å². The van der Waals surface area contributed by atoms with Crippen LogP contribution in [0.15, 0.2) is 72.8 Å². The van der Waals surface area contributed by atoms with Gasteiger partial charge in [0, 0.05) is 5.69 Å². The van der Waals surface area contributed by atoms with Crippen molar-refractivity contribution in [2.75, 3.05) is 11.9 Å². The Hall–Kier alpha value is -2.91. The predicted octanol–water partition coefficient (Wildman–Crippen LogP) is 6.56. The molecule has 1 atom stereocenters. The molecule has 3 nitrogen and oxygen atoms in total. The average molecular weight is 415 g/mol. The molecule has 1 amide bonds. The number of carbonyl (C=O) groups excluding carboxylic acids is 1. The molecule has 0 aliphatic rings. The second-order valence-corrected chi connectivity index (χ2v) is 8.75. The third-order valence-electron chi connectivity index (χ3n) is 5.74. The lowest BCUT2D eigenvalue weighted by Gasteiger charge is -2.23. The molecule has 0 aliphatic heterocycles. The van der Waals surface area contributed by atoms with E-state index in [0.717, 1.165) is 11.3 Å². The van der Waals surface area contributed by atoms with E-state index >= 15 is 0 Å². The van der Waals surface area contributed by atoms with Crippen molar-refractivity contribution in [2.24, 2.45) is 0 Å². The smallest absolute Gasteiger partial charge is 0.238 e. The normalized spacial score (nSPS) is 12.2. The highest BCUT2D eigenvalue weighted by atomic mass is 16.1. The first kappa shape index (κ1) is 22.8. The van der Waals surface area contributed by atoms with Crippen LogP contribution in [0.5, 0.6) is 0 Å². The number of carbonyl (C=O) groups is 1. The van der Waals surface area contributed by atoms with E-state index in [4.69, 9.17) is 0 Å². The Labute approximate surface area is 186 Å². The molecule has 3 heteroatoms. The fourth-order valence-electron chi connectivity index (χ4n) is 4.04. The summed E-state index contributed by atoms with van der Waals surface area (Å²) in [5, 5.41) is 6.71. The molecule has 31 heavy (non-hydrogen) atoms. The van der Waals surface area contributed by atoms with Gasteiger partial charge in [-0.15, -0.1) is 0 Å². The fraction of sp³-hybridized carbons (Fsp3) is 0.321. The van der Waals surface area contributed by atoms with Gasteiger partial charge in [-0.05, 0) is 46.6 Å². The van der Waals surface area contributed by atoms with E-state index in [1.54, 1.807) is 0 Å². The van der Waals surface area contributed by atoms with Crippen LogP contribution in [-0.4, -0.2) is 12.5 Å². The van der Waals surface area contributed by atoms with Crippen molar-refractivity contribution in [3.63, 3.8) is 0 Å². The Morgan fingerprint density at radius 2 is 1.29 bits per heavy atom.